The molecular weight excluding hydrogens is 831 g/mol. The highest BCUT2D eigenvalue weighted by atomic mass is 15.1. The topological polar surface area (TPSA) is 3.24 Å². The monoisotopic (exact) mass is 881 g/mol. The van der Waals surface area contributed by atoms with Gasteiger partial charge in [-0.15, -0.1) is 0 Å². The molecule has 0 saturated heterocycles. The number of rotatable bonds is 7. The Labute approximate surface area is 405 Å². The predicted molar refractivity (Wildman–Crippen MR) is 293 cm³/mol. The van der Waals surface area contributed by atoms with Crippen LogP contribution in [-0.2, 0) is 10.8 Å². The maximum Gasteiger partial charge on any atom is 0.0540 e. The van der Waals surface area contributed by atoms with Gasteiger partial charge in [-0.2, -0.15) is 0 Å². The van der Waals surface area contributed by atoms with Gasteiger partial charge in [0.15, 0.2) is 0 Å². The van der Waals surface area contributed by atoms with Crippen molar-refractivity contribution >= 4 is 38.6 Å². The number of hydrogen-bond acceptors (Lipinski definition) is 1. The highest BCUT2D eigenvalue weighted by Crippen LogP contribution is 2.55. The number of fused-ring (bicyclic) bond motifs is 9. The molecule has 2 aliphatic rings. The van der Waals surface area contributed by atoms with Crippen LogP contribution in [0.2, 0.25) is 0 Å². The summed E-state index contributed by atoms with van der Waals surface area (Å²) in [4.78, 5) is 2.47. The van der Waals surface area contributed by atoms with Crippen LogP contribution in [0.3, 0.4) is 0 Å². The Kier molecular flexibility index (Phi) is 9.30. The molecule has 0 aromatic heterocycles. The lowest BCUT2D eigenvalue weighted by molar-refractivity contribution is 0.660. The molecule has 0 radical (unpaired) electrons. The van der Waals surface area contributed by atoms with Crippen molar-refractivity contribution in [1.82, 2.24) is 0 Å². The van der Waals surface area contributed by atoms with Gasteiger partial charge in [-0.1, -0.05) is 228 Å². The zero-order chi connectivity index (χ0) is 46.4. The minimum absolute atomic E-state index is 0.0666. The molecule has 1 nitrogen and oxygen atoms in total. The molecule has 0 spiro atoms. The van der Waals surface area contributed by atoms with E-state index in [9.17, 15) is 0 Å². The third-order valence-corrected chi connectivity index (χ3v) is 15.5. The van der Waals surface area contributed by atoms with Gasteiger partial charge in [-0.25, -0.2) is 0 Å². The van der Waals surface area contributed by atoms with Gasteiger partial charge in [0.25, 0.3) is 0 Å². The maximum atomic E-state index is 2.47. The summed E-state index contributed by atoms with van der Waals surface area (Å²) in [5.41, 5.74) is 23.8. The van der Waals surface area contributed by atoms with E-state index in [0.717, 1.165) is 17.1 Å². The van der Waals surface area contributed by atoms with Gasteiger partial charge in [0.2, 0.25) is 0 Å². The van der Waals surface area contributed by atoms with E-state index in [2.05, 4.69) is 269 Å². The van der Waals surface area contributed by atoms with E-state index in [4.69, 9.17) is 0 Å². The van der Waals surface area contributed by atoms with E-state index >= 15 is 0 Å². The lowest BCUT2D eigenvalue weighted by atomic mass is 9.81. The molecule has 2 aliphatic carbocycles. The summed E-state index contributed by atoms with van der Waals surface area (Å²) in [5, 5.41) is 5.04. The van der Waals surface area contributed by atoms with E-state index in [-0.39, 0.29) is 10.8 Å². The third-order valence-electron chi connectivity index (χ3n) is 15.5. The lowest BCUT2D eigenvalue weighted by Gasteiger charge is -2.29. The summed E-state index contributed by atoms with van der Waals surface area (Å²) in [6.45, 7) is 9.45. The Morgan fingerprint density at radius 2 is 0.696 bits per heavy atom. The Morgan fingerprint density at radius 1 is 0.261 bits per heavy atom. The second-order valence-corrected chi connectivity index (χ2v) is 20.0. The summed E-state index contributed by atoms with van der Waals surface area (Å²) in [6.07, 6.45) is 0. The highest BCUT2D eigenvalue weighted by Gasteiger charge is 2.38. The van der Waals surface area contributed by atoms with Crippen molar-refractivity contribution in [1.29, 1.82) is 0 Å². The van der Waals surface area contributed by atoms with Crippen molar-refractivity contribution in [2.24, 2.45) is 0 Å². The van der Waals surface area contributed by atoms with Crippen molar-refractivity contribution in [3.05, 3.63) is 259 Å². The summed E-state index contributed by atoms with van der Waals surface area (Å²) in [5.74, 6) is 0. The average molecular weight is 882 g/mol. The quantitative estimate of drug-likeness (QED) is 0.144. The van der Waals surface area contributed by atoms with Crippen LogP contribution in [0.15, 0.2) is 237 Å². The van der Waals surface area contributed by atoms with Crippen molar-refractivity contribution in [2.45, 2.75) is 38.5 Å². The van der Waals surface area contributed by atoms with E-state index < -0.39 is 0 Å². The Balaban J connectivity index is 0.986. The molecule has 0 saturated carbocycles. The fourth-order valence-electron chi connectivity index (χ4n) is 12.1. The van der Waals surface area contributed by atoms with Gasteiger partial charge in [0, 0.05) is 27.8 Å². The van der Waals surface area contributed by atoms with Crippen LogP contribution in [0.1, 0.15) is 49.9 Å². The predicted octanol–water partition coefficient (Wildman–Crippen LogP) is 18.7. The Hall–Kier alpha value is -8.26. The molecule has 0 bridgehead atoms. The fraction of sp³-hybridized carbons (Fsp3) is 0.0882. The van der Waals surface area contributed by atoms with Crippen LogP contribution in [0.5, 0.6) is 0 Å². The van der Waals surface area contributed by atoms with Crippen LogP contribution in [0.25, 0.3) is 88.3 Å². The van der Waals surface area contributed by atoms with Crippen molar-refractivity contribution < 1.29 is 0 Å². The first kappa shape index (κ1) is 41.0. The van der Waals surface area contributed by atoms with Crippen molar-refractivity contribution in [3.63, 3.8) is 0 Å². The molecule has 0 unspecified atom stereocenters. The first-order valence-corrected chi connectivity index (χ1v) is 24.3. The van der Waals surface area contributed by atoms with E-state index in [0.29, 0.717) is 0 Å². The zero-order valence-corrected chi connectivity index (χ0v) is 39.5. The number of para-hydroxylation sites is 1. The number of nitrogens with zero attached hydrogens (tertiary/aromatic N) is 1. The average Bonchev–Trinajstić information content (AvgIpc) is 3.78. The molecule has 11 aromatic carbocycles. The molecular formula is C68H51N. The molecule has 0 N–H and O–H groups in total. The van der Waals surface area contributed by atoms with E-state index in [1.807, 2.05) is 0 Å². The van der Waals surface area contributed by atoms with Crippen LogP contribution < -0.4 is 4.90 Å². The lowest BCUT2D eigenvalue weighted by Crippen LogP contribution is -2.15. The highest BCUT2D eigenvalue weighted by molar-refractivity contribution is 6.21. The molecule has 0 fully saturated rings. The normalized spacial score (nSPS) is 13.7. The van der Waals surface area contributed by atoms with Gasteiger partial charge < -0.3 is 4.90 Å². The minimum atomic E-state index is -0.108. The molecule has 11 aromatic rings. The zero-order valence-electron chi connectivity index (χ0n) is 39.5. The summed E-state index contributed by atoms with van der Waals surface area (Å²) in [6, 6.07) is 88.1. The molecule has 1 heteroatoms. The summed E-state index contributed by atoms with van der Waals surface area (Å²) >= 11 is 0. The fourth-order valence-corrected chi connectivity index (χ4v) is 12.1. The Morgan fingerprint density at radius 3 is 1.35 bits per heavy atom. The molecule has 0 atom stereocenters. The number of hydrogen-bond donors (Lipinski definition) is 0. The van der Waals surface area contributed by atoms with Crippen molar-refractivity contribution in [3.8, 4) is 66.8 Å². The van der Waals surface area contributed by atoms with Crippen LogP contribution in [0.4, 0.5) is 17.1 Å². The Bertz CT molecular complexity index is 3820. The van der Waals surface area contributed by atoms with Crippen molar-refractivity contribution in [2.75, 3.05) is 4.90 Å². The number of benzene rings is 11. The standard InChI is InChI=1S/C68H51N/c1-67(2)60-30-16-13-27-58(60)66-57(28-18-31-61(66)67)54-24-14-17-32-63(54)69(48-38-33-44(34-39-48)47-37-42-53-52-23-12-15-29-59(52)68(3,4)62(53)43-47)49-40-35-46(36-41-49)65-56-26-11-9-22-51(56)50-21-8-10-25-55(50)64(65)45-19-6-5-7-20-45/h5-43H,1-4H3. The van der Waals surface area contributed by atoms with Gasteiger partial charge in [-0.05, 0) is 141 Å². The minimum Gasteiger partial charge on any atom is -0.310 e. The maximum absolute atomic E-state index is 2.47. The second kappa shape index (κ2) is 15.7. The SMILES string of the molecule is CC1(C)c2ccccc2-c2ccc(-c3ccc(N(c4ccc(-c5c(-c6ccccc6)c6ccccc6c6ccccc56)cc4)c4ccccc4-c4cccc5c4-c4ccccc4C5(C)C)cc3)cc21. The van der Waals surface area contributed by atoms with E-state index in [1.54, 1.807) is 0 Å². The molecule has 0 amide bonds. The first-order valence-electron chi connectivity index (χ1n) is 24.3. The van der Waals surface area contributed by atoms with E-state index in [1.165, 1.54) is 111 Å². The molecule has 0 aliphatic heterocycles. The van der Waals surface area contributed by atoms with Gasteiger partial charge in [-0.3, -0.25) is 0 Å². The molecule has 69 heavy (non-hydrogen) atoms. The first-order chi connectivity index (χ1) is 33.8. The molecule has 0 heterocycles. The smallest absolute Gasteiger partial charge is 0.0540 e. The van der Waals surface area contributed by atoms with Gasteiger partial charge >= 0.3 is 0 Å². The van der Waals surface area contributed by atoms with Crippen LogP contribution >= 0.6 is 0 Å². The second-order valence-electron chi connectivity index (χ2n) is 20.0. The van der Waals surface area contributed by atoms with Crippen LogP contribution in [0, 0.1) is 0 Å². The van der Waals surface area contributed by atoms with Gasteiger partial charge in [0.05, 0.1) is 5.69 Å². The number of anilines is 3. The van der Waals surface area contributed by atoms with Gasteiger partial charge in [0.1, 0.15) is 0 Å². The molecule has 13 rings (SSSR count). The van der Waals surface area contributed by atoms with Crippen LogP contribution in [-0.4, -0.2) is 0 Å². The summed E-state index contributed by atoms with van der Waals surface area (Å²) in [7, 11) is 0. The third kappa shape index (κ3) is 6.30. The molecule has 328 valence electrons. The largest absolute Gasteiger partial charge is 0.310 e. The summed E-state index contributed by atoms with van der Waals surface area (Å²) < 4.78 is 0.